The number of rotatable bonds is 8. The Kier molecular flexibility index (Phi) is 5.68. The normalized spacial score (nSPS) is 20.1. The van der Waals surface area contributed by atoms with Gasteiger partial charge in [-0.3, -0.25) is 9.59 Å². The molecule has 7 nitrogen and oxygen atoms in total. The van der Waals surface area contributed by atoms with E-state index in [2.05, 4.69) is 4.98 Å². The smallest absolute Gasteiger partial charge is 0.268 e. The van der Waals surface area contributed by atoms with E-state index < -0.39 is 11.9 Å². The van der Waals surface area contributed by atoms with Gasteiger partial charge in [0.2, 0.25) is 5.88 Å². The van der Waals surface area contributed by atoms with Crippen molar-refractivity contribution in [2.75, 3.05) is 18.1 Å². The van der Waals surface area contributed by atoms with Gasteiger partial charge in [0.1, 0.15) is 11.6 Å². The highest BCUT2D eigenvalue weighted by molar-refractivity contribution is 6.03. The molecule has 0 radical (unpaired) electrons. The molecule has 1 saturated heterocycles. The summed E-state index contributed by atoms with van der Waals surface area (Å²) in [5, 5.41) is 0. The lowest BCUT2D eigenvalue weighted by molar-refractivity contribution is -0.122. The molecule has 1 aliphatic carbocycles. The lowest BCUT2D eigenvalue weighted by Gasteiger charge is -2.19. The Morgan fingerprint density at radius 2 is 2.00 bits per heavy atom. The molecule has 2 aliphatic heterocycles. The minimum Gasteiger partial charge on any atom is -0.479 e. The van der Waals surface area contributed by atoms with Crippen LogP contribution in [-0.4, -0.2) is 47.0 Å². The van der Waals surface area contributed by atoms with Crippen LogP contribution in [0.1, 0.15) is 55.5 Å². The number of carbonyl (C=O) groups excluding carboxylic acids is 2. The number of anilines is 1. The summed E-state index contributed by atoms with van der Waals surface area (Å²) < 4.78 is 26.3. The number of ether oxygens (including phenoxy) is 2. The lowest BCUT2D eigenvalue weighted by atomic mass is 10.1. The highest BCUT2D eigenvalue weighted by atomic mass is 19.1. The number of fused-ring (bicyclic) bond motifs is 1. The minimum absolute atomic E-state index is 0.0254. The molecule has 0 N–H and O–H groups in total. The second-order valence-corrected chi connectivity index (χ2v) is 9.28. The highest BCUT2D eigenvalue weighted by Gasteiger charge is 2.37. The Morgan fingerprint density at radius 1 is 1.18 bits per heavy atom. The summed E-state index contributed by atoms with van der Waals surface area (Å²) in [6.45, 7) is 5.10. The fourth-order valence-electron chi connectivity index (χ4n) is 4.39. The molecule has 174 valence electrons. The zero-order chi connectivity index (χ0) is 23.1. The number of aromatic nitrogens is 1. The van der Waals surface area contributed by atoms with Gasteiger partial charge >= 0.3 is 0 Å². The van der Waals surface area contributed by atoms with Gasteiger partial charge in [-0.25, -0.2) is 9.37 Å². The van der Waals surface area contributed by atoms with E-state index in [1.807, 2.05) is 13.8 Å². The van der Waals surface area contributed by atoms with Crippen molar-refractivity contribution in [1.82, 2.24) is 9.88 Å². The predicted molar refractivity (Wildman–Crippen MR) is 120 cm³/mol. The Morgan fingerprint density at radius 3 is 2.70 bits per heavy atom. The molecule has 1 atom stereocenters. The first-order valence-corrected chi connectivity index (χ1v) is 11.6. The average molecular weight is 454 g/mol. The molecule has 33 heavy (non-hydrogen) atoms. The molecule has 0 bridgehead atoms. The second kappa shape index (κ2) is 8.65. The van der Waals surface area contributed by atoms with Gasteiger partial charge in [0, 0.05) is 48.4 Å². The number of nitrogens with zero attached hydrogens (tertiary/aromatic N) is 3. The number of pyridine rings is 1. The third kappa shape index (κ3) is 4.38. The molecule has 2 aromatic rings. The number of amides is 2. The van der Waals surface area contributed by atoms with Gasteiger partial charge < -0.3 is 19.3 Å². The van der Waals surface area contributed by atoms with Gasteiger partial charge in [-0.1, -0.05) is 12.8 Å². The van der Waals surface area contributed by atoms with Crippen molar-refractivity contribution in [1.29, 1.82) is 0 Å². The maximum atomic E-state index is 14.8. The summed E-state index contributed by atoms with van der Waals surface area (Å²) in [6, 6.07) is 6.41. The van der Waals surface area contributed by atoms with Gasteiger partial charge in [0.05, 0.1) is 12.8 Å². The summed E-state index contributed by atoms with van der Waals surface area (Å²) >= 11 is 0. The molecular weight excluding hydrogens is 425 g/mol. The molecule has 2 amide bonds. The number of hydrogen-bond donors (Lipinski definition) is 0. The third-order valence-electron chi connectivity index (χ3n) is 6.55. The average Bonchev–Trinajstić information content (AvgIpc) is 3.46. The van der Waals surface area contributed by atoms with Crippen LogP contribution in [0.25, 0.3) is 0 Å². The maximum absolute atomic E-state index is 14.8. The van der Waals surface area contributed by atoms with E-state index in [4.69, 9.17) is 9.47 Å². The fraction of sp³-hybridized carbons (Fsp3) is 0.480. The van der Waals surface area contributed by atoms with Crippen LogP contribution in [0.2, 0.25) is 0 Å². The maximum Gasteiger partial charge on any atom is 0.268 e. The topological polar surface area (TPSA) is 72.0 Å². The van der Waals surface area contributed by atoms with E-state index in [0.717, 1.165) is 12.3 Å². The SMILES string of the molecule is CC(C)N1Cc2c(F)cc(N3CC[C@@H](Oc4ccc(OCCC5CC5)nc4)C3=O)cc2C1=O. The van der Waals surface area contributed by atoms with Gasteiger partial charge in [-0.05, 0) is 44.4 Å². The first-order valence-electron chi connectivity index (χ1n) is 11.6. The Labute approximate surface area is 192 Å². The summed E-state index contributed by atoms with van der Waals surface area (Å²) in [6.07, 6.45) is 4.96. The molecule has 3 aliphatic rings. The number of halogens is 1. The molecular formula is C25H28FN3O4. The summed E-state index contributed by atoms with van der Waals surface area (Å²) in [7, 11) is 0. The van der Waals surface area contributed by atoms with Crippen LogP contribution >= 0.6 is 0 Å². The summed E-state index contributed by atoms with van der Waals surface area (Å²) in [5.74, 6) is 0.896. The number of carbonyl (C=O) groups is 2. The van der Waals surface area contributed by atoms with Crippen molar-refractivity contribution < 1.29 is 23.5 Å². The first kappa shape index (κ1) is 21.7. The molecule has 0 spiro atoms. The van der Waals surface area contributed by atoms with E-state index in [9.17, 15) is 14.0 Å². The summed E-state index contributed by atoms with van der Waals surface area (Å²) in [4.78, 5) is 33.1. The van der Waals surface area contributed by atoms with Crippen LogP contribution in [0.15, 0.2) is 30.5 Å². The standard InChI is InChI=1S/C25H28FN3O4/c1-15(2)29-14-20-19(24(29)30)11-17(12-21(20)26)28-9-7-22(25(28)31)33-18-5-6-23(27-13-18)32-10-8-16-3-4-16/h5-6,11-13,15-16,22H,3-4,7-10,14H2,1-2H3/t22-/m1/s1. The van der Waals surface area contributed by atoms with Crippen LogP contribution in [-0.2, 0) is 11.3 Å². The first-order chi connectivity index (χ1) is 15.9. The molecule has 5 rings (SSSR count). The zero-order valence-corrected chi connectivity index (χ0v) is 18.9. The fourth-order valence-corrected chi connectivity index (χ4v) is 4.39. The zero-order valence-electron chi connectivity index (χ0n) is 18.9. The van der Waals surface area contributed by atoms with Crippen LogP contribution in [0, 0.1) is 11.7 Å². The van der Waals surface area contributed by atoms with Crippen LogP contribution < -0.4 is 14.4 Å². The van der Waals surface area contributed by atoms with Crippen molar-refractivity contribution in [3.05, 3.63) is 47.4 Å². The minimum atomic E-state index is -0.687. The molecule has 1 aromatic heterocycles. The molecule has 3 heterocycles. The van der Waals surface area contributed by atoms with E-state index in [1.165, 1.54) is 23.8 Å². The van der Waals surface area contributed by atoms with Crippen molar-refractivity contribution in [3.63, 3.8) is 0 Å². The quantitative estimate of drug-likeness (QED) is 0.605. The van der Waals surface area contributed by atoms with E-state index in [0.29, 0.717) is 48.0 Å². The van der Waals surface area contributed by atoms with Crippen LogP contribution in [0.4, 0.5) is 10.1 Å². The Hall–Kier alpha value is -3.16. The molecule has 1 saturated carbocycles. The van der Waals surface area contributed by atoms with E-state index >= 15 is 0 Å². The van der Waals surface area contributed by atoms with E-state index in [1.54, 1.807) is 29.3 Å². The lowest BCUT2D eigenvalue weighted by Crippen LogP contribution is -2.32. The van der Waals surface area contributed by atoms with E-state index in [-0.39, 0.29) is 24.4 Å². The van der Waals surface area contributed by atoms with Gasteiger partial charge in [0.15, 0.2) is 6.10 Å². The largest absolute Gasteiger partial charge is 0.479 e. The Balaban J connectivity index is 1.23. The van der Waals surface area contributed by atoms with Crippen molar-refractivity contribution in [3.8, 4) is 11.6 Å². The molecule has 1 aromatic carbocycles. The van der Waals surface area contributed by atoms with Crippen molar-refractivity contribution >= 4 is 17.5 Å². The Bertz CT molecular complexity index is 1070. The second-order valence-electron chi connectivity index (χ2n) is 9.28. The van der Waals surface area contributed by atoms with Gasteiger partial charge in [0.25, 0.3) is 11.8 Å². The predicted octanol–water partition coefficient (Wildman–Crippen LogP) is 3.95. The van der Waals surface area contributed by atoms with Gasteiger partial charge in [-0.15, -0.1) is 0 Å². The number of benzene rings is 1. The molecule has 2 fully saturated rings. The highest BCUT2D eigenvalue weighted by Crippen LogP contribution is 2.34. The number of hydrogen-bond acceptors (Lipinski definition) is 5. The molecule has 8 heteroatoms. The van der Waals surface area contributed by atoms with Gasteiger partial charge in [-0.2, -0.15) is 0 Å². The molecule has 0 unspecified atom stereocenters. The van der Waals surface area contributed by atoms with Crippen LogP contribution in [0.5, 0.6) is 11.6 Å². The van der Waals surface area contributed by atoms with Crippen molar-refractivity contribution in [2.45, 2.75) is 58.2 Å². The monoisotopic (exact) mass is 453 g/mol. The summed E-state index contributed by atoms with van der Waals surface area (Å²) in [5.41, 5.74) is 1.11. The van der Waals surface area contributed by atoms with Crippen molar-refractivity contribution in [2.24, 2.45) is 5.92 Å². The van der Waals surface area contributed by atoms with Crippen LogP contribution in [0.3, 0.4) is 0 Å². The third-order valence-corrected chi connectivity index (χ3v) is 6.55.